The van der Waals surface area contributed by atoms with Gasteiger partial charge in [-0.3, -0.25) is 9.59 Å². The molecule has 0 aliphatic heterocycles. The topological polar surface area (TPSA) is 77.8 Å². The van der Waals surface area contributed by atoms with Crippen LogP contribution >= 0.6 is 32.3 Å². The summed E-state index contributed by atoms with van der Waals surface area (Å²) in [6.07, 6.45) is -0.466. The monoisotopic (exact) mass is 289 g/mol. The highest BCUT2D eigenvalue weighted by Crippen LogP contribution is 2.15. The van der Waals surface area contributed by atoms with Crippen LogP contribution in [0.15, 0.2) is 0 Å². The van der Waals surface area contributed by atoms with Gasteiger partial charge in [-0.05, 0) is 0 Å². The molecule has 64 valence electrons. The first-order valence-corrected chi connectivity index (χ1v) is 3.92. The van der Waals surface area contributed by atoms with E-state index in [0.717, 1.165) is 2.95 Å². The van der Waals surface area contributed by atoms with Crippen molar-refractivity contribution in [1.29, 1.82) is 0 Å². The summed E-state index contributed by atoms with van der Waals surface area (Å²) in [5.74, 6) is -2.37. The van der Waals surface area contributed by atoms with E-state index >= 15 is 0 Å². The molecule has 1 atom stereocenters. The van der Waals surface area contributed by atoms with Crippen LogP contribution in [0.25, 0.3) is 0 Å². The lowest BCUT2D eigenvalue weighted by molar-refractivity contribution is -0.146. The number of halogens is 2. The first-order chi connectivity index (χ1) is 4.95. The van der Waals surface area contributed by atoms with E-state index in [1.54, 1.807) is 0 Å². The van der Waals surface area contributed by atoms with Gasteiger partial charge >= 0.3 is 11.9 Å². The molecule has 0 amide bonds. The minimum Gasteiger partial charge on any atom is -0.481 e. The SMILES string of the molecule is O=C(O)C[C@@H](C(=O)O)N(Br)Br. The third kappa shape index (κ3) is 4.33. The molecule has 0 spiro atoms. The van der Waals surface area contributed by atoms with Crippen LogP contribution in [-0.4, -0.2) is 31.1 Å². The van der Waals surface area contributed by atoms with Crippen molar-refractivity contribution in [1.82, 2.24) is 2.95 Å². The molecule has 0 unspecified atom stereocenters. The van der Waals surface area contributed by atoms with Crippen molar-refractivity contribution in [3.8, 4) is 0 Å². The molecule has 0 radical (unpaired) electrons. The van der Waals surface area contributed by atoms with Crippen molar-refractivity contribution in [2.24, 2.45) is 0 Å². The lowest BCUT2D eigenvalue weighted by Crippen LogP contribution is -2.31. The number of aliphatic carboxylic acids is 2. The normalized spacial score (nSPS) is 13.0. The summed E-state index contributed by atoms with van der Waals surface area (Å²) < 4.78 is 0.983. The van der Waals surface area contributed by atoms with Crippen LogP contribution in [0.2, 0.25) is 0 Å². The van der Waals surface area contributed by atoms with Gasteiger partial charge in [-0.15, -0.1) is 0 Å². The Labute approximate surface area is 79.7 Å². The number of hydrogen-bond acceptors (Lipinski definition) is 3. The van der Waals surface area contributed by atoms with Crippen molar-refractivity contribution in [3.05, 3.63) is 0 Å². The summed E-state index contributed by atoms with van der Waals surface area (Å²) >= 11 is 5.55. The van der Waals surface area contributed by atoms with Gasteiger partial charge in [0.2, 0.25) is 0 Å². The van der Waals surface area contributed by atoms with Gasteiger partial charge in [0.15, 0.2) is 0 Å². The fourth-order valence-corrected chi connectivity index (χ4v) is 1.05. The quantitative estimate of drug-likeness (QED) is 0.750. The second kappa shape index (κ2) is 4.68. The third-order valence-electron chi connectivity index (χ3n) is 0.889. The van der Waals surface area contributed by atoms with Gasteiger partial charge in [0.1, 0.15) is 6.04 Å². The number of nitrogens with zero attached hydrogens (tertiary/aromatic N) is 1. The molecular formula is C4H5Br2NO4. The molecule has 0 bridgehead atoms. The number of carboxylic acid groups (broad SMARTS) is 2. The fourth-order valence-electron chi connectivity index (χ4n) is 0.405. The molecule has 2 N–H and O–H groups in total. The predicted molar refractivity (Wildman–Crippen MR) is 43.4 cm³/mol. The Hall–Kier alpha value is -0.140. The van der Waals surface area contributed by atoms with E-state index in [2.05, 4.69) is 32.3 Å². The Kier molecular flexibility index (Phi) is 4.62. The summed E-state index contributed by atoms with van der Waals surface area (Å²) in [5, 5.41) is 16.7. The number of hydrogen-bond donors (Lipinski definition) is 2. The zero-order valence-corrected chi connectivity index (χ0v) is 8.37. The maximum atomic E-state index is 10.3. The van der Waals surface area contributed by atoms with Gasteiger partial charge in [0.25, 0.3) is 0 Å². The average Bonchev–Trinajstić information content (AvgIpc) is 1.81. The van der Waals surface area contributed by atoms with E-state index < -0.39 is 24.4 Å². The molecular weight excluding hydrogens is 286 g/mol. The Balaban J connectivity index is 4.12. The van der Waals surface area contributed by atoms with E-state index in [9.17, 15) is 9.59 Å². The van der Waals surface area contributed by atoms with Crippen LogP contribution < -0.4 is 0 Å². The first-order valence-electron chi connectivity index (χ1n) is 2.50. The van der Waals surface area contributed by atoms with Gasteiger partial charge in [0, 0.05) is 32.3 Å². The summed E-state index contributed by atoms with van der Waals surface area (Å²) in [6.45, 7) is 0. The van der Waals surface area contributed by atoms with E-state index in [-0.39, 0.29) is 0 Å². The van der Waals surface area contributed by atoms with Gasteiger partial charge in [-0.1, -0.05) is 0 Å². The van der Waals surface area contributed by atoms with E-state index in [4.69, 9.17) is 10.2 Å². The molecule has 0 aliphatic carbocycles. The smallest absolute Gasteiger partial charge is 0.323 e. The largest absolute Gasteiger partial charge is 0.481 e. The maximum Gasteiger partial charge on any atom is 0.323 e. The van der Waals surface area contributed by atoms with Gasteiger partial charge in [0.05, 0.1) is 6.42 Å². The summed E-state index contributed by atoms with van der Waals surface area (Å²) in [4.78, 5) is 20.4. The van der Waals surface area contributed by atoms with Crippen LogP contribution in [0.4, 0.5) is 0 Å². The second-order valence-corrected chi connectivity index (χ2v) is 4.19. The van der Waals surface area contributed by atoms with E-state index in [1.165, 1.54) is 0 Å². The Bertz CT molecular complexity index is 171. The molecule has 5 nitrogen and oxygen atoms in total. The Morgan fingerprint density at radius 1 is 1.36 bits per heavy atom. The minimum atomic E-state index is -1.21. The van der Waals surface area contributed by atoms with Gasteiger partial charge in [-0.2, -0.15) is 2.95 Å². The molecule has 0 aromatic carbocycles. The highest BCUT2D eigenvalue weighted by molar-refractivity contribution is 9.21. The average molecular weight is 291 g/mol. The summed E-state index contributed by atoms with van der Waals surface area (Å²) in [6, 6.07) is -1.10. The molecule has 11 heavy (non-hydrogen) atoms. The minimum absolute atomic E-state index is 0.466. The molecule has 0 saturated heterocycles. The highest BCUT2D eigenvalue weighted by Gasteiger charge is 2.25. The lowest BCUT2D eigenvalue weighted by Gasteiger charge is -2.12. The molecule has 0 heterocycles. The maximum absolute atomic E-state index is 10.3. The molecule has 0 rings (SSSR count). The summed E-state index contributed by atoms with van der Waals surface area (Å²) in [7, 11) is 0. The van der Waals surface area contributed by atoms with Gasteiger partial charge in [-0.25, -0.2) is 0 Å². The molecule has 0 aromatic rings. The molecule has 7 heteroatoms. The standard InChI is InChI=1S/C4H5Br2NO4/c5-7(6)2(4(10)11)1-3(8)9/h2H,1H2,(H,8,9)(H,10,11)/t2-/m0/s1. The Morgan fingerprint density at radius 2 is 1.82 bits per heavy atom. The van der Waals surface area contributed by atoms with Crippen molar-refractivity contribution in [2.45, 2.75) is 12.5 Å². The van der Waals surface area contributed by atoms with Crippen LogP contribution in [0.3, 0.4) is 0 Å². The van der Waals surface area contributed by atoms with Crippen LogP contribution in [0.5, 0.6) is 0 Å². The van der Waals surface area contributed by atoms with Crippen molar-refractivity contribution >= 4 is 44.2 Å². The van der Waals surface area contributed by atoms with E-state index in [0.29, 0.717) is 0 Å². The zero-order chi connectivity index (χ0) is 9.02. The number of carbonyl (C=O) groups is 2. The molecule has 0 fully saturated rings. The summed E-state index contributed by atoms with van der Waals surface area (Å²) in [5.41, 5.74) is 0. The van der Waals surface area contributed by atoms with Crippen LogP contribution in [0, 0.1) is 0 Å². The van der Waals surface area contributed by atoms with Crippen LogP contribution in [-0.2, 0) is 9.59 Å². The number of rotatable bonds is 4. The fraction of sp³-hybridized carbons (Fsp3) is 0.500. The predicted octanol–water partition coefficient (Wildman–Crippen LogP) is 0.836. The molecule has 0 aliphatic rings. The van der Waals surface area contributed by atoms with Crippen molar-refractivity contribution in [3.63, 3.8) is 0 Å². The van der Waals surface area contributed by atoms with E-state index in [1.807, 2.05) is 0 Å². The number of carboxylic acids is 2. The zero-order valence-electron chi connectivity index (χ0n) is 5.20. The molecule has 0 aromatic heterocycles. The van der Waals surface area contributed by atoms with Crippen LogP contribution in [0.1, 0.15) is 6.42 Å². The second-order valence-electron chi connectivity index (χ2n) is 1.71. The van der Waals surface area contributed by atoms with Crippen molar-refractivity contribution < 1.29 is 19.8 Å². The molecule has 0 saturated carbocycles. The highest BCUT2D eigenvalue weighted by atomic mass is 79.9. The van der Waals surface area contributed by atoms with Gasteiger partial charge < -0.3 is 10.2 Å². The first kappa shape index (κ1) is 10.9. The Morgan fingerprint density at radius 3 is 1.91 bits per heavy atom. The third-order valence-corrected chi connectivity index (χ3v) is 1.88. The lowest BCUT2D eigenvalue weighted by atomic mass is 10.2. The van der Waals surface area contributed by atoms with Crippen molar-refractivity contribution in [2.75, 3.05) is 0 Å².